The van der Waals surface area contributed by atoms with Crippen LogP contribution in [0.5, 0.6) is 0 Å². The summed E-state index contributed by atoms with van der Waals surface area (Å²) in [4.78, 5) is 18.0. The zero-order valence-corrected chi connectivity index (χ0v) is 27.0. The van der Waals surface area contributed by atoms with Crippen LogP contribution in [-0.2, 0) is 4.79 Å². The van der Waals surface area contributed by atoms with Crippen LogP contribution in [0.2, 0.25) is 0 Å². The van der Waals surface area contributed by atoms with Gasteiger partial charge >= 0.3 is 5.97 Å². The number of rotatable bonds is 4. The second-order valence-corrected chi connectivity index (χ2v) is 16.9. The van der Waals surface area contributed by atoms with Crippen LogP contribution in [0.15, 0.2) is 23.2 Å². The Hall–Kier alpha value is -1.78. The van der Waals surface area contributed by atoms with Crippen LogP contribution in [0.25, 0.3) is 0 Å². The van der Waals surface area contributed by atoms with E-state index in [9.17, 15) is 18.7 Å². The van der Waals surface area contributed by atoms with E-state index in [4.69, 9.17) is 4.99 Å². The second-order valence-electron chi connectivity index (χ2n) is 16.9. The fraction of sp³-hybridized carbons (Fsp3) is 0.784. The summed E-state index contributed by atoms with van der Waals surface area (Å²) in [5.74, 6) is 0.820. The first-order chi connectivity index (χ1) is 19.6. The van der Waals surface area contributed by atoms with Gasteiger partial charge in [-0.1, -0.05) is 54.5 Å². The van der Waals surface area contributed by atoms with Crippen molar-refractivity contribution >= 4 is 12.2 Å². The van der Waals surface area contributed by atoms with Gasteiger partial charge in [-0.15, -0.1) is 0 Å². The average Bonchev–Trinajstić information content (AvgIpc) is 3.32. The van der Waals surface area contributed by atoms with E-state index in [0.29, 0.717) is 41.1 Å². The molecule has 5 fully saturated rings. The Morgan fingerprint density at radius 1 is 0.881 bits per heavy atom. The number of carbonyl (C=O) groups is 1. The zero-order chi connectivity index (χ0) is 30.5. The first-order valence-corrected chi connectivity index (χ1v) is 16.8. The monoisotopic (exact) mass is 581 g/mol. The van der Waals surface area contributed by atoms with Gasteiger partial charge in [0.05, 0.1) is 11.5 Å². The molecule has 232 valence electrons. The summed E-state index contributed by atoms with van der Waals surface area (Å²) in [5, 5.41) is 10.6. The van der Waals surface area contributed by atoms with E-state index in [2.05, 4.69) is 48.5 Å². The molecule has 10 atom stereocenters. The molecule has 5 aliphatic carbocycles. The molecule has 0 heterocycles. The van der Waals surface area contributed by atoms with Gasteiger partial charge in [-0.25, -0.2) is 8.78 Å². The lowest BCUT2D eigenvalue weighted by molar-refractivity contribution is -0.241. The number of hydrogen-bond donors (Lipinski definition) is 1. The normalized spacial score (nSPS) is 46.1. The van der Waals surface area contributed by atoms with Crippen LogP contribution in [-0.4, -0.2) is 23.3 Å². The number of aliphatic imine (C=N–C) groups is 1. The number of carboxylic acids is 1. The lowest BCUT2D eigenvalue weighted by Crippen LogP contribution is -2.67. The highest BCUT2D eigenvalue weighted by Gasteiger charge is 2.72. The topological polar surface area (TPSA) is 49.7 Å². The fourth-order valence-corrected chi connectivity index (χ4v) is 12.8. The third kappa shape index (κ3) is 3.99. The summed E-state index contributed by atoms with van der Waals surface area (Å²) in [6.45, 7) is 17.2. The number of benzene rings is 1. The maximum atomic E-state index is 13.8. The van der Waals surface area contributed by atoms with E-state index < -0.39 is 23.0 Å². The molecule has 6 rings (SSSR count). The van der Waals surface area contributed by atoms with Crippen molar-refractivity contribution in [3.63, 3.8) is 0 Å². The largest absolute Gasteiger partial charge is 0.481 e. The van der Waals surface area contributed by atoms with Crippen molar-refractivity contribution < 1.29 is 18.7 Å². The van der Waals surface area contributed by atoms with Crippen molar-refractivity contribution in [2.24, 2.45) is 67.6 Å². The van der Waals surface area contributed by atoms with Gasteiger partial charge in [0.1, 0.15) is 0 Å². The SMILES string of the molecule is CC(C)C1CCC2(C(=O)O)CC[C@]3(C)[C@H](CCC4[C@@]5(C)CCC(N=Cc6ccc(F)c(F)c6)C(C)(C)[C@@H]5CC[C@]43C)C12. The molecule has 0 amide bonds. The summed E-state index contributed by atoms with van der Waals surface area (Å²) >= 11 is 0. The first kappa shape index (κ1) is 30.3. The highest BCUT2D eigenvalue weighted by Crippen LogP contribution is 2.77. The van der Waals surface area contributed by atoms with Gasteiger partial charge in [-0.2, -0.15) is 0 Å². The lowest BCUT2D eigenvalue weighted by atomic mass is 9.32. The highest BCUT2D eigenvalue weighted by atomic mass is 19.2. The summed E-state index contributed by atoms with van der Waals surface area (Å²) in [7, 11) is 0. The molecule has 42 heavy (non-hydrogen) atoms. The van der Waals surface area contributed by atoms with Crippen molar-refractivity contribution in [1.82, 2.24) is 0 Å². The van der Waals surface area contributed by atoms with Gasteiger partial charge in [0.25, 0.3) is 0 Å². The van der Waals surface area contributed by atoms with Crippen LogP contribution >= 0.6 is 0 Å². The number of halogens is 2. The van der Waals surface area contributed by atoms with Gasteiger partial charge in [0, 0.05) is 6.21 Å². The molecule has 0 saturated heterocycles. The third-order valence-corrected chi connectivity index (χ3v) is 15.1. The molecule has 3 nitrogen and oxygen atoms in total. The van der Waals surface area contributed by atoms with Crippen molar-refractivity contribution in [3.8, 4) is 0 Å². The summed E-state index contributed by atoms with van der Waals surface area (Å²) < 4.78 is 27.3. The third-order valence-electron chi connectivity index (χ3n) is 15.1. The molecule has 5 aliphatic rings. The van der Waals surface area contributed by atoms with Gasteiger partial charge in [0.2, 0.25) is 0 Å². The lowest BCUT2D eigenvalue weighted by Gasteiger charge is -2.72. The summed E-state index contributed by atoms with van der Waals surface area (Å²) in [6.07, 6.45) is 12.5. The van der Waals surface area contributed by atoms with Crippen LogP contribution in [0.3, 0.4) is 0 Å². The van der Waals surface area contributed by atoms with Gasteiger partial charge in [-0.3, -0.25) is 9.79 Å². The average molecular weight is 582 g/mol. The van der Waals surface area contributed by atoms with Gasteiger partial charge < -0.3 is 5.11 Å². The van der Waals surface area contributed by atoms with Crippen LogP contribution in [0, 0.1) is 74.2 Å². The van der Waals surface area contributed by atoms with Crippen molar-refractivity contribution in [1.29, 1.82) is 0 Å². The summed E-state index contributed by atoms with van der Waals surface area (Å²) in [6, 6.07) is 4.17. The van der Waals surface area contributed by atoms with Crippen LogP contribution in [0.1, 0.15) is 118 Å². The molecule has 1 N–H and O–H groups in total. The van der Waals surface area contributed by atoms with Crippen LogP contribution in [0.4, 0.5) is 8.78 Å². The van der Waals surface area contributed by atoms with E-state index in [1.807, 2.05) is 0 Å². The number of carboxylic acid groups (broad SMARTS) is 1. The minimum Gasteiger partial charge on any atom is -0.481 e. The molecular formula is C37H53F2NO2. The molecule has 0 spiro atoms. The van der Waals surface area contributed by atoms with E-state index in [-0.39, 0.29) is 27.7 Å². The Bertz CT molecular complexity index is 1270. The molecule has 0 aliphatic heterocycles. The smallest absolute Gasteiger partial charge is 0.309 e. The molecule has 0 aromatic heterocycles. The Balaban J connectivity index is 1.30. The predicted octanol–water partition coefficient (Wildman–Crippen LogP) is 9.57. The molecule has 1 aromatic rings. The minimum atomic E-state index is -0.828. The standard InChI is InChI=1S/C37H53F2NO2/c1-22(2)24-12-17-37(32(41)42)19-18-35(6)25(31(24)37)9-11-29-34(5)15-14-30(33(3,4)28(34)13-16-36(29,35)7)40-21-23-8-10-26(38)27(39)20-23/h8,10,20-22,24-25,28-31H,9,11-19H2,1-7H3,(H,41,42)/t24?,25-,28+,29?,30?,31?,34+,35-,36-,37?/m1/s1. The van der Waals surface area contributed by atoms with Crippen molar-refractivity contribution in [2.45, 2.75) is 119 Å². The molecule has 1 aromatic carbocycles. The van der Waals surface area contributed by atoms with Crippen molar-refractivity contribution in [2.75, 3.05) is 0 Å². The second kappa shape index (κ2) is 9.86. The van der Waals surface area contributed by atoms with Gasteiger partial charge in [0.15, 0.2) is 11.6 Å². The molecule has 5 unspecified atom stereocenters. The maximum absolute atomic E-state index is 13.8. The first-order valence-electron chi connectivity index (χ1n) is 16.8. The number of aliphatic carboxylic acids is 1. The van der Waals surface area contributed by atoms with E-state index in [1.165, 1.54) is 37.8 Å². The molecular weight excluding hydrogens is 528 g/mol. The van der Waals surface area contributed by atoms with Crippen LogP contribution < -0.4 is 0 Å². The van der Waals surface area contributed by atoms with E-state index in [1.54, 1.807) is 12.3 Å². The van der Waals surface area contributed by atoms with E-state index in [0.717, 1.165) is 38.5 Å². The highest BCUT2D eigenvalue weighted by molar-refractivity contribution is 5.79. The predicted molar refractivity (Wildman–Crippen MR) is 164 cm³/mol. The molecule has 0 bridgehead atoms. The molecule has 0 radical (unpaired) electrons. The van der Waals surface area contributed by atoms with Gasteiger partial charge in [-0.05, 0) is 139 Å². The molecule has 5 saturated carbocycles. The molecule has 5 heteroatoms. The Kier molecular flexibility index (Phi) is 7.10. The van der Waals surface area contributed by atoms with E-state index >= 15 is 0 Å². The maximum Gasteiger partial charge on any atom is 0.309 e. The number of fused-ring (bicyclic) bond motifs is 7. The quantitative estimate of drug-likeness (QED) is 0.360. The Morgan fingerprint density at radius 3 is 2.29 bits per heavy atom. The minimum absolute atomic E-state index is 0.000372. The number of nitrogens with zero attached hydrogens (tertiary/aromatic N) is 1. The zero-order valence-electron chi connectivity index (χ0n) is 27.0. The Morgan fingerprint density at radius 2 is 1.62 bits per heavy atom. The fourth-order valence-electron chi connectivity index (χ4n) is 12.8. The van der Waals surface area contributed by atoms with Crippen molar-refractivity contribution in [3.05, 3.63) is 35.4 Å². The Labute approximate surface area is 252 Å². The number of hydrogen-bond acceptors (Lipinski definition) is 2. The summed E-state index contributed by atoms with van der Waals surface area (Å²) in [5.41, 5.74) is 0.675.